The summed E-state index contributed by atoms with van der Waals surface area (Å²) >= 11 is 0. The van der Waals surface area contributed by atoms with Crippen LogP contribution in [-0.2, 0) is 0 Å². The molecule has 18 heavy (non-hydrogen) atoms. The highest BCUT2D eigenvalue weighted by Crippen LogP contribution is 2.30. The maximum atomic E-state index is 12.0. The number of rotatable bonds is 3. The molecule has 98 valence electrons. The van der Waals surface area contributed by atoms with E-state index in [-0.39, 0.29) is 18.9 Å². The Morgan fingerprint density at radius 1 is 1.39 bits per heavy atom. The Labute approximate surface area is 105 Å². The molecule has 1 fully saturated rings. The monoisotopic (exact) mass is 256 g/mol. The zero-order chi connectivity index (χ0) is 13.6. The summed E-state index contributed by atoms with van der Waals surface area (Å²) in [5.74, 6) is 0. The van der Waals surface area contributed by atoms with Gasteiger partial charge in [0.1, 0.15) is 0 Å². The van der Waals surface area contributed by atoms with Crippen molar-refractivity contribution in [2.75, 3.05) is 0 Å². The van der Waals surface area contributed by atoms with Crippen LogP contribution in [-0.4, -0.2) is 12.2 Å². The van der Waals surface area contributed by atoms with E-state index in [0.717, 1.165) is 18.4 Å². The number of nitrogens with zero attached hydrogens (tertiary/aromatic N) is 2. The maximum Gasteiger partial charge on any atom is 0.389 e. The lowest BCUT2D eigenvalue weighted by Gasteiger charge is -2.17. The molecule has 2 nitrogen and oxygen atoms in total. The second kappa shape index (κ2) is 6.44. The van der Waals surface area contributed by atoms with E-state index < -0.39 is 12.6 Å². The van der Waals surface area contributed by atoms with Gasteiger partial charge in [-0.3, -0.25) is 0 Å². The summed E-state index contributed by atoms with van der Waals surface area (Å²) in [6.07, 6.45) is -1.99. The molecule has 1 saturated carbocycles. The average molecular weight is 256 g/mol. The third-order valence-electron chi connectivity index (χ3n) is 3.19. The topological polar surface area (TPSA) is 28.1 Å². The third-order valence-corrected chi connectivity index (χ3v) is 3.19. The molecule has 0 unspecified atom stereocenters. The highest BCUT2D eigenvalue weighted by Gasteiger charge is 2.27. The molecule has 0 bridgehead atoms. The van der Waals surface area contributed by atoms with E-state index >= 15 is 0 Å². The van der Waals surface area contributed by atoms with Crippen molar-refractivity contribution in [1.82, 2.24) is 0 Å². The molecule has 0 amide bonds. The van der Waals surface area contributed by atoms with E-state index in [0.29, 0.717) is 18.4 Å². The van der Waals surface area contributed by atoms with Crippen LogP contribution in [0.1, 0.15) is 44.9 Å². The van der Waals surface area contributed by atoms with Crippen molar-refractivity contribution in [2.24, 2.45) is 0 Å². The molecule has 0 saturated heterocycles. The van der Waals surface area contributed by atoms with Crippen LogP contribution in [0.5, 0.6) is 0 Å². The van der Waals surface area contributed by atoms with Crippen LogP contribution in [0.4, 0.5) is 13.2 Å². The Morgan fingerprint density at radius 2 is 2.00 bits per heavy atom. The molecule has 0 heterocycles. The molecule has 0 aromatic carbocycles. The number of hydrogen-bond acceptors (Lipinski definition) is 1. The SMILES string of the molecule is [C-]#[N+]C1CCC(=C(C#N)CCCC(F)(F)F)CC1. The van der Waals surface area contributed by atoms with Crippen molar-refractivity contribution in [3.05, 3.63) is 22.6 Å². The summed E-state index contributed by atoms with van der Waals surface area (Å²) in [5.41, 5.74) is 1.46. The quantitative estimate of drug-likeness (QED) is 0.543. The predicted octanol–water partition coefficient (Wildman–Crippen LogP) is 4.40. The molecule has 0 aliphatic heterocycles. The van der Waals surface area contributed by atoms with Crippen molar-refractivity contribution in [1.29, 1.82) is 5.26 Å². The normalized spacial score (nSPS) is 20.1. The standard InChI is InChI=1S/C13H15F3N2/c1-18-12-6-4-10(5-7-12)11(9-17)3-2-8-13(14,15)16/h12H,2-8H2. The van der Waals surface area contributed by atoms with Crippen LogP contribution >= 0.6 is 0 Å². The van der Waals surface area contributed by atoms with Crippen LogP contribution < -0.4 is 0 Å². The summed E-state index contributed by atoms with van der Waals surface area (Å²) in [4.78, 5) is 3.46. The largest absolute Gasteiger partial charge is 0.389 e. The smallest absolute Gasteiger partial charge is 0.314 e. The highest BCUT2D eigenvalue weighted by molar-refractivity contribution is 5.29. The number of allylic oxidation sites excluding steroid dienone is 2. The first kappa shape index (κ1) is 14.6. The number of nitriles is 1. The number of hydrogen-bond donors (Lipinski definition) is 0. The summed E-state index contributed by atoms with van der Waals surface area (Å²) in [6.45, 7) is 6.91. The van der Waals surface area contributed by atoms with Crippen LogP contribution in [0.2, 0.25) is 0 Å². The molecule has 0 spiro atoms. The average Bonchev–Trinajstić information content (AvgIpc) is 2.34. The minimum atomic E-state index is -4.15. The number of halogens is 3. The Bertz CT molecular complexity index is 386. The van der Waals surface area contributed by atoms with Gasteiger partial charge in [0.2, 0.25) is 6.04 Å². The highest BCUT2D eigenvalue weighted by atomic mass is 19.4. The van der Waals surface area contributed by atoms with E-state index in [2.05, 4.69) is 4.85 Å². The van der Waals surface area contributed by atoms with E-state index in [1.54, 1.807) is 0 Å². The molecule has 1 aliphatic rings. The van der Waals surface area contributed by atoms with E-state index in [9.17, 15) is 13.2 Å². The molecule has 0 radical (unpaired) electrons. The van der Waals surface area contributed by atoms with E-state index in [1.807, 2.05) is 6.07 Å². The fourth-order valence-corrected chi connectivity index (χ4v) is 2.16. The van der Waals surface area contributed by atoms with Crippen LogP contribution in [0, 0.1) is 17.9 Å². The second-order valence-corrected chi connectivity index (χ2v) is 4.52. The Hall–Kier alpha value is -1.49. The van der Waals surface area contributed by atoms with Gasteiger partial charge in [-0.2, -0.15) is 18.4 Å². The van der Waals surface area contributed by atoms with Crippen LogP contribution in [0.25, 0.3) is 4.85 Å². The second-order valence-electron chi connectivity index (χ2n) is 4.52. The lowest BCUT2D eigenvalue weighted by molar-refractivity contribution is -0.135. The van der Waals surface area contributed by atoms with Crippen molar-refractivity contribution in [3.8, 4) is 6.07 Å². The molecule has 0 atom stereocenters. The van der Waals surface area contributed by atoms with Gasteiger partial charge in [0.15, 0.2) is 0 Å². The first-order valence-electron chi connectivity index (χ1n) is 6.00. The summed E-state index contributed by atoms with van der Waals surface area (Å²) < 4.78 is 36.1. The summed E-state index contributed by atoms with van der Waals surface area (Å²) in [5, 5.41) is 8.98. The molecular formula is C13H15F3N2. The van der Waals surface area contributed by atoms with Crippen LogP contribution in [0.15, 0.2) is 11.1 Å². The first-order chi connectivity index (χ1) is 8.46. The van der Waals surface area contributed by atoms with Gasteiger partial charge in [0, 0.05) is 24.8 Å². The predicted molar refractivity (Wildman–Crippen MR) is 61.4 cm³/mol. The van der Waals surface area contributed by atoms with Gasteiger partial charge in [-0.1, -0.05) is 5.57 Å². The van der Waals surface area contributed by atoms with Gasteiger partial charge in [-0.25, -0.2) is 6.57 Å². The fraction of sp³-hybridized carbons (Fsp3) is 0.692. The van der Waals surface area contributed by atoms with Gasteiger partial charge < -0.3 is 4.85 Å². The zero-order valence-corrected chi connectivity index (χ0v) is 10.1. The summed E-state index contributed by atoms with van der Waals surface area (Å²) in [7, 11) is 0. The van der Waals surface area contributed by atoms with Gasteiger partial charge in [-0.15, -0.1) is 0 Å². The van der Waals surface area contributed by atoms with Crippen molar-refractivity contribution < 1.29 is 13.2 Å². The number of alkyl halides is 3. The van der Waals surface area contributed by atoms with Gasteiger partial charge >= 0.3 is 6.18 Å². The van der Waals surface area contributed by atoms with E-state index in [1.165, 1.54) is 0 Å². The molecule has 1 rings (SSSR count). The van der Waals surface area contributed by atoms with Gasteiger partial charge in [0.05, 0.1) is 6.07 Å². The third kappa shape index (κ3) is 4.79. The Balaban J connectivity index is 2.51. The van der Waals surface area contributed by atoms with Gasteiger partial charge in [-0.05, 0) is 25.7 Å². The minimum Gasteiger partial charge on any atom is -0.314 e. The Morgan fingerprint density at radius 3 is 2.44 bits per heavy atom. The first-order valence-corrected chi connectivity index (χ1v) is 6.00. The lowest BCUT2D eigenvalue weighted by atomic mass is 9.87. The molecule has 0 aromatic rings. The Kier molecular flexibility index (Phi) is 5.22. The minimum absolute atomic E-state index is 0.0175. The molecule has 1 aliphatic carbocycles. The maximum absolute atomic E-state index is 12.0. The lowest BCUT2D eigenvalue weighted by Crippen LogP contribution is -2.11. The van der Waals surface area contributed by atoms with Crippen molar-refractivity contribution in [2.45, 2.75) is 57.2 Å². The van der Waals surface area contributed by atoms with Crippen molar-refractivity contribution in [3.63, 3.8) is 0 Å². The molecular weight excluding hydrogens is 241 g/mol. The molecule has 0 aromatic heterocycles. The van der Waals surface area contributed by atoms with Crippen LogP contribution in [0.3, 0.4) is 0 Å². The van der Waals surface area contributed by atoms with Crippen molar-refractivity contribution >= 4 is 0 Å². The fourth-order valence-electron chi connectivity index (χ4n) is 2.16. The molecule has 5 heteroatoms. The molecule has 0 N–H and O–H groups in total. The summed E-state index contributed by atoms with van der Waals surface area (Å²) in [6, 6.07) is 2.04. The van der Waals surface area contributed by atoms with Gasteiger partial charge in [0.25, 0.3) is 0 Å². The van der Waals surface area contributed by atoms with E-state index in [4.69, 9.17) is 11.8 Å². The zero-order valence-electron chi connectivity index (χ0n) is 10.1.